The fraction of sp³-hybridized carbons (Fsp3) is 0.889. The first-order valence-electron chi connectivity index (χ1n) is 4.64. The van der Waals surface area contributed by atoms with Crippen LogP contribution >= 0.6 is 12.6 Å². The Kier molecular flexibility index (Phi) is 4.06. The third-order valence-corrected chi connectivity index (χ3v) is 2.39. The average Bonchev–Trinajstić information content (AvgIpc) is 2.88. The van der Waals surface area contributed by atoms with Gasteiger partial charge in [0.05, 0.1) is 11.9 Å². The number of hydrogen-bond acceptors (Lipinski definition) is 3. The Labute approximate surface area is 84.8 Å². The van der Waals surface area contributed by atoms with E-state index in [2.05, 4.69) is 12.6 Å². The molecule has 1 saturated carbocycles. The van der Waals surface area contributed by atoms with Crippen LogP contribution in [0.5, 0.6) is 0 Å². The maximum Gasteiger partial charge on any atom is 0.235 e. The lowest BCUT2D eigenvalue weighted by molar-refractivity contribution is -0.131. The molecule has 0 saturated heterocycles. The fourth-order valence-corrected chi connectivity index (χ4v) is 1.44. The van der Waals surface area contributed by atoms with E-state index in [4.69, 9.17) is 4.74 Å². The zero-order valence-electron chi connectivity index (χ0n) is 8.19. The minimum Gasteiger partial charge on any atom is -0.383 e. The van der Waals surface area contributed by atoms with Crippen LogP contribution in [0.15, 0.2) is 0 Å². The molecule has 0 heterocycles. The molecule has 13 heavy (non-hydrogen) atoms. The van der Waals surface area contributed by atoms with Gasteiger partial charge in [-0.05, 0) is 19.8 Å². The van der Waals surface area contributed by atoms with Crippen LogP contribution < -0.4 is 0 Å². The topological polar surface area (TPSA) is 29.5 Å². The molecule has 0 spiro atoms. The zero-order valence-corrected chi connectivity index (χ0v) is 9.09. The van der Waals surface area contributed by atoms with Crippen LogP contribution in [0, 0.1) is 0 Å². The summed E-state index contributed by atoms with van der Waals surface area (Å²) in [5, 5.41) is -0.197. The summed E-state index contributed by atoms with van der Waals surface area (Å²) in [7, 11) is 1.65. The molecule has 0 radical (unpaired) electrons. The SMILES string of the molecule is COCCN(C(=O)C(C)S)C1CC1. The van der Waals surface area contributed by atoms with Crippen molar-refractivity contribution in [1.82, 2.24) is 4.90 Å². The van der Waals surface area contributed by atoms with Crippen molar-refractivity contribution in [3.63, 3.8) is 0 Å². The molecule has 3 nitrogen and oxygen atoms in total. The standard InChI is InChI=1S/C9H17NO2S/c1-7(13)9(11)10(5-6-12-2)8-3-4-8/h7-8,13H,3-6H2,1-2H3. The summed E-state index contributed by atoms with van der Waals surface area (Å²) in [4.78, 5) is 13.5. The van der Waals surface area contributed by atoms with Crippen LogP contribution in [0.25, 0.3) is 0 Å². The van der Waals surface area contributed by atoms with Crippen LogP contribution in [0.2, 0.25) is 0 Å². The Morgan fingerprint density at radius 1 is 1.69 bits per heavy atom. The molecular weight excluding hydrogens is 186 g/mol. The maximum atomic E-state index is 11.6. The number of carbonyl (C=O) groups excluding carboxylic acids is 1. The van der Waals surface area contributed by atoms with Crippen molar-refractivity contribution in [1.29, 1.82) is 0 Å². The summed E-state index contributed by atoms with van der Waals surface area (Å²) in [6.07, 6.45) is 2.27. The van der Waals surface area contributed by atoms with Gasteiger partial charge < -0.3 is 9.64 Å². The van der Waals surface area contributed by atoms with Gasteiger partial charge in [0.1, 0.15) is 0 Å². The predicted octanol–water partition coefficient (Wildman–Crippen LogP) is 0.942. The van der Waals surface area contributed by atoms with Gasteiger partial charge in [0.15, 0.2) is 0 Å². The Hall–Kier alpha value is -0.220. The molecule has 4 heteroatoms. The lowest BCUT2D eigenvalue weighted by atomic mass is 10.3. The highest BCUT2D eigenvalue weighted by atomic mass is 32.1. The van der Waals surface area contributed by atoms with Crippen molar-refractivity contribution in [2.24, 2.45) is 0 Å². The van der Waals surface area contributed by atoms with Crippen LogP contribution in [0.3, 0.4) is 0 Å². The molecule has 0 aromatic carbocycles. The largest absolute Gasteiger partial charge is 0.383 e. The van der Waals surface area contributed by atoms with Crippen molar-refractivity contribution in [2.45, 2.75) is 31.1 Å². The molecule has 1 unspecified atom stereocenters. The Morgan fingerprint density at radius 3 is 2.69 bits per heavy atom. The number of nitrogens with zero attached hydrogens (tertiary/aromatic N) is 1. The van der Waals surface area contributed by atoms with Crippen LogP contribution in [0.1, 0.15) is 19.8 Å². The van der Waals surface area contributed by atoms with Gasteiger partial charge in [0, 0.05) is 19.7 Å². The first kappa shape index (κ1) is 10.9. The van der Waals surface area contributed by atoms with Crippen LogP contribution in [-0.2, 0) is 9.53 Å². The summed E-state index contributed by atoms with van der Waals surface area (Å²) in [5.41, 5.74) is 0. The van der Waals surface area contributed by atoms with Crippen molar-refractivity contribution in [3.8, 4) is 0 Å². The van der Waals surface area contributed by atoms with E-state index in [1.54, 1.807) is 7.11 Å². The molecule has 1 atom stereocenters. The highest BCUT2D eigenvalue weighted by molar-refractivity contribution is 7.81. The molecule has 0 N–H and O–H groups in total. The van der Waals surface area contributed by atoms with Gasteiger partial charge in [-0.1, -0.05) is 0 Å². The fourth-order valence-electron chi connectivity index (χ4n) is 1.29. The third kappa shape index (κ3) is 3.19. The Morgan fingerprint density at radius 2 is 2.31 bits per heavy atom. The maximum absolute atomic E-state index is 11.6. The molecule has 0 aromatic rings. The number of methoxy groups -OCH3 is 1. The monoisotopic (exact) mass is 203 g/mol. The van der Waals surface area contributed by atoms with Gasteiger partial charge >= 0.3 is 0 Å². The number of carbonyl (C=O) groups is 1. The number of ether oxygens (including phenoxy) is 1. The van der Waals surface area contributed by atoms with E-state index < -0.39 is 0 Å². The lowest BCUT2D eigenvalue weighted by Crippen LogP contribution is -2.39. The van der Waals surface area contributed by atoms with Crippen molar-refractivity contribution < 1.29 is 9.53 Å². The van der Waals surface area contributed by atoms with Crippen molar-refractivity contribution in [2.75, 3.05) is 20.3 Å². The summed E-state index contributed by atoms with van der Waals surface area (Å²) in [6.45, 7) is 3.13. The van der Waals surface area contributed by atoms with Crippen molar-refractivity contribution >= 4 is 18.5 Å². The molecular formula is C9H17NO2S. The van der Waals surface area contributed by atoms with E-state index in [1.165, 1.54) is 0 Å². The lowest BCUT2D eigenvalue weighted by Gasteiger charge is -2.23. The normalized spacial score (nSPS) is 18.4. The minimum absolute atomic E-state index is 0.128. The van der Waals surface area contributed by atoms with Crippen LogP contribution in [0.4, 0.5) is 0 Å². The summed E-state index contributed by atoms with van der Waals surface area (Å²) < 4.78 is 4.96. The second-order valence-corrected chi connectivity index (χ2v) is 4.21. The Bertz CT molecular complexity index is 180. The predicted molar refractivity (Wildman–Crippen MR) is 55.1 cm³/mol. The molecule has 1 rings (SSSR count). The number of rotatable bonds is 5. The van der Waals surface area contributed by atoms with E-state index >= 15 is 0 Å². The molecule has 1 aliphatic rings. The van der Waals surface area contributed by atoms with E-state index in [1.807, 2.05) is 11.8 Å². The van der Waals surface area contributed by atoms with Gasteiger partial charge in [-0.2, -0.15) is 12.6 Å². The highest BCUT2D eigenvalue weighted by Gasteiger charge is 2.33. The second-order valence-electron chi connectivity index (χ2n) is 3.43. The van der Waals surface area contributed by atoms with E-state index in [0.29, 0.717) is 19.2 Å². The quantitative estimate of drug-likeness (QED) is 0.674. The summed E-state index contributed by atoms with van der Waals surface area (Å²) in [5.74, 6) is 0.128. The molecule has 1 amide bonds. The summed E-state index contributed by atoms with van der Waals surface area (Å²) in [6, 6.07) is 0.456. The zero-order chi connectivity index (χ0) is 9.84. The van der Waals surface area contributed by atoms with Gasteiger partial charge in [-0.25, -0.2) is 0 Å². The molecule has 1 aliphatic carbocycles. The van der Waals surface area contributed by atoms with E-state index in [-0.39, 0.29) is 11.2 Å². The van der Waals surface area contributed by atoms with Gasteiger partial charge in [0.2, 0.25) is 5.91 Å². The summed E-state index contributed by atoms with van der Waals surface area (Å²) >= 11 is 4.14. The molecule has 0 aliphatic heterocycles. The second kappa shape index (κ2) is 4.86. The molecule has 0 bridgehead atoms. The number of amides is 1. The highest BCUT2D eigenvalue weighted by Crippen LogP contribution is 2.27. The van der Waals surface area contributed by atoms with E-state index in [0.717, 1.165) is 12.8 Å². The molecule has 76 valence electrons. The first-order valence-corrected chi connectivity index (χ1v) is 5.16. The average molecular weight is 203 g/mol. The van der Waals surface area contributed by atoms with E-state index in [9.17, 15) is 4.79 Å². The number of thiol groups is 1. The smallest absolute Gasteiger partial charge is 0.235 e. The minimum atomic E-state index is -0.197. The van der Waals surface area contributed by atoms with Crippen molar-refractivity contribution in [3.05, 3.63) is 0 Å². The molecule has 1 fully saturated rings. The molecule has 0 aromatic heterocycles. The Balaban J connectivity index is 2.41. The third-order valence-electron chi connectivity index (χ3n) is 2.16. The van der Waals surface area contributed by atoms with Gasteiger partial charge in [-0.3, -0.25) is 4.79 Å². The van der Waals surface area contributed by atoms with Gasteiger partial charge in [0.25, 0.3) is 0 Å². The van der Waals surface area contributed by atoms with Crippen LogP contribution in [-0.4, -0.2) is 42.4 Å². The first-order chi connectivity index (χ1) is 6.16. The number of hydrogen-bond donors (Lipinski definition) is 1. The van der Waals surface area contributed by atoms with Gasteiger partial charge in [-0.15, -0.1) is 0 Å².